The number of carbonyl (C=O) groups is 2. The fourth-order valence-corrected chi connectivity index (χ4v) is 4.33. The van der Waals surface area contributed by atoms with Crippen LogP contribution < -0.4 is 10.2 Å². The Morgan fingerprint density at radius 2 is 1.75 bits per heavy atom. The van der Waals surface area contributed by atoms with Crippen molar-refractivity contribution in [2.75, 3.05) is 4.90 Å². The van der Waals surface area contributed by atoms with Gasteiger partial charge in [0.15, 0.2) is 6.04 Å². The lowest BCUT2D eigenvalue weighted by atomic mass is 9.99. The minimum Gasteiger partial charge on any atom is -0.352 e. The zero-order chi connectivity index (χ0) is 25.9. The molecule has 0 aliphatic carbocycles. The first-order valence-corrected chi connectivity index (χ1v) is 12.4. The molecule has 4 rings (SSSR count). The number of aryl methyl sites for hydroxylation is 2. The Hall–Kier alpha value is -3.94. The van der Waals surface area contributed by atoms with E-state index in [0.29, 0.717) is 17.6 Å². The van der Waals surface area contributed by atoms with Crippen molar-refractivity contribution in [2.45, 2.75) is 58.7 Å². The molecule has 0 bridgehead atoms. The number of benzene rings is 2. The van der Waals surface area contributed by atoms with E-state index in [1.165, 1.54) is 0 Å². The predicted molar refractivity (Wildman–Crippen MR) is 142 cm³/mol. The SMILES string of the molecule is CCc1ccccc1N(C(=O)Cn1nnc2ccccc21)[C@H](C(=O)NC(C)(C)CC)c1cccn1C. The molecule has 0 saturated heterocycles. The summed E-state index contributed by atoms with van der Waals surface area (Å²) in [4.78, 5) is 29.7. The number of rotatable bonds is 9. The van der Waals surface area contributed by atoms with Gasteiger partial charge in [-0.15, -0.1) is 5.10 Å². The molecule has 1 N–H and O–H groups in total. The molecule has 0 radical (unpaired) electrons. The van der Waals surface area contributed by atoms with E-state index in [9.17, 15) is 9.59 Å². The Morgan fingerprint density at radius 1 is 1.03 bits per heavy atom. The number of nitrogens with zero attached hydrogens (tertiary/aromatic N) is 5. The number of amides is 2. The van der Waals surface area contributed by atoms with E-state index in [1.807, 2.05) is 106 Å². The molecular formula is C28H34N6O2. The maximum absolute atomic E-state index is 14.2. The zero-order valence-corrected chi connectivity index (χ0v) is 21.6. The fourth-order valence-electron chi connectivity index (χ4n) is 4.33. The molecule has 2 aromatic heterocycles. The fraction of sp³-hybridized carbons (Fsp3) is 0.357. The van der Waals surface area contributed by atoms with Crippen molar-refractivity contribution in [1.82, 2.24) is 24.9 Å². The molecule has 8 heteroatoms. The van der Waals surface area contributed by atoms with Gasteiger partial charge in [-0.3, -0.25) is 14.5 Å². The molecule has 4 aromatic rings. The molecule has 2 heterocycles. The van der Waals surface area contributed by atoms with E-state index < -0.39 is 11.6 Å². The van der Waals surface area contributed by atoms with Crippen molar-refractivity contribution in [2.24, 2.45) is 7.05 Å². The summed E-state index contributed by atoms with van der Waals surface area (Å²) in [6.07, 6.45) is 3.36. The minimum atomic E-state index is -0.870. The Kier molecular flexibility index (Phi) is 7.24. The van der Waals surface area contributed by atoms with E-state index >= 15 is 0 Å². The van der Waals surface area contributed by atoms with Gasteiger partial charge in [0.1, 0.15) is 12.1 Å². The highest BCUT2D eigenvalue weighted by molar-refractivity contribution is 6.02. The van der Waals surface area contributed by atoms with Gasteiger partial charge < -0.3 is 9.88 Å². The van der Waals surface area contributed by atoms with Gasteiger partial charge in [0, 0.05) is 24.5 Å². The second kappa shape index (κ2) is 10.4. The van der Waals surface area contributed by atoms with Gasteiger partial charge in [0.2, 0.25) is 11.8 Å². The largest absolute Gasteiger partial charge is 0.352 e. The van der Waals surface area contributed by atoms with E-state index in [0.717, 1.165) is 23.2 Å². The molecule has 188 valence electrons. The number of aromatic nitrogens is 4. The van der Waals surface area contributed by atoms with Gasteiger partial charge in [0.05, 0.1) is 11.2 Å². The first kappa shape index (κ1) is 25.2. The lowest BCUT2D eigenvalue weighted by Crippen LogP contribution is -2.51. The smallest absolute Gasteiger partial charge is 0.249 e. The Labute approximate surface area is 211 Å². The highest BCUT2D eigenvalue weighted by Gasteiger charge is 2.37. The van der Waals surface area contributed by atoms with Crippen molar-refractivity contribution < 1.29 is 9.59 Å². The quantitative estimate of drug-likeness (QED) is 0.380. The van der Waals surface area contributed by atoms with Gasteiger partial charge in [-0.05, 0) is 62.6 Å². The number of carbonyl (C=O) groups excluding carboxylic acids is 2. The Bertz CT molecular complexity index is 1370. The third kappa shape index (κ3) is 5.03. The first-order chi connectivity index (χ1) is 17.3. The van der Waals surface area contributed by atoms with Crippen LogP contribution in [0, 0.1) is 0 Å². The van der Waals surface area contributed by atoms with Crippen LogP contribution in [0.2, 0.25) is 0 Å². The number of nitrogens with one attached hydrogen (secondary N) is 1. The minimum absolute atomic E-state index is 0.0517. The third-order valence-electron chi connectivity index (χ3n) is 6.72. The normalized spacial score (nSPS) is 12.5. The second-order valence-corrected chi connectivity index (χ2v) is 9.65. The lowest BCUT2D eigenvalue weighted by molar-refractivity contribution is -0.128. The standard InChI is InChI=1S/C28H34N6O2/c1-6-20-13-8-10-15-22(20)34(25(35)19-33-23-16-11-9-14-21(23)30-31-33)26(24-17-12-18-32(24)5)27(36)29-28(3,4)7-2/h8-18,26H,6-7,19H2,1-5H3,(H,29,36)/t26-/m0/s1. The van der Waals surface area contributed by atoms with Crippen molar-refractivity contribution in [3.05, 3.63) is 78.1 Å². The van der Waals surface area contributed by atoms with Gasteiger partial charge in [-0.2, -0.15) is 0 Å². The summed E-state index contributed by atoms with van der Waals surface area (Å²) >= 11 is 0. The Balaban J connectivity index is 1.85. The van der Waals surface area contributed by atoms with Gasteiger partial charge in [-0.25, -0.2) is 4.68 Å². The van der Waals surface area contributed by atoms with Crippen LogP contribution in [-0.4, -0.2) is 36.9 Å². The number of para-hydroxylation sites is 2. The van der Waals surface area contributed by atoms with E-state index in [-0.39, 0.29) is 18.4 Å². The van der Waals surface area contributed by atoms with Crippen LogP contribution in [0.3, 0.4) is 0 Å². The monoisotopic (exact) mass is 486 g/mol. The highest BCUT2D eigenvalue weighted by atomic mass is 16.2. The molecule has 0 saturated carbocycles. The molecule has 1 atom stereocenters. The molecule has 2 aromatic carbocycles. The molecule has 36 heavy (non-hydrogen) atoms. The van der Waals surface area contributed by atoms with E-state index in [1.54, 1.807) is 9.58 Å². The molecule has 0 fully saturated rings. The van der Waals surface area contributed by atoms with Crippen molar-refractivity contribution in [3.8, 4) is 0 Å². The number of hydrogen-bond donors (Lipinski definition) is 1. The average Bonchev–Trinajstić information content (AvgIpc) is 3.48. The van der Waals surface area contributed by atoms with Gasteiger partial charge in [-0.1, -0.05) is 49.4 Å². The highest BCUT2D eigenvalue weighted by Crippen LogP contribution is 2.32. The molecule has 0 aliphatic heterocycles. The summed E-state index contributed by atoms with van der Waals surface area (Å²) in [6, 6.07) is 18.2. The summed E-state index contributed by atoms with van der Waals surface area (Å²) in [5.41, 5.74) is 3.47. The van der Waals surface area contributed by atoms with Crippen LogP contribution in [0.4, 0.5) is 5.69 Å². The van der Waals surface area contributed by atoms with Crippen LogP contribution in [0.1, 0.15) is 51.4 Å². The molecule has 0 spiro atoms. The maximum atomic E-state index is 14.2. The summed E-state index contributed by atoms with van der Waals surface area (Å²) in [7, 11) is 1.89. The van der Waals surface area contributed by atoms with Crippen molar-refractivity contribution in [3.63, 3.8) is 0 Å². The zero-order valence-electron chi connectivity index (χ0n) is 21.6. The molecule has 2 amide bonds. The van der Waals surface area contributed by atoms with Crippen LogP contribution in [0.15, 0.2) is 66.9 Å². The van der Waals surface area contributed by atoms with E-state index in [4.69, 9.17) is 0 Å². The predicted octanol–water partition coefficient (Wildman–Crippen LogP) is 4.41. The van der Waals surface area contributed by atoms with Crippen LogP contribution in [-0.2, 0) is 29.6 Å². The summed E-state index contributed by atoms with van der Waals surface area (Å²) in [5.74, 6) is -0.478. The van der Waals surface area contributed by atoms with Gasteiger partial charge in [0.25, 0.3) is 0 Å². The average molecular weight is 487 g/mol. The summed E-state index contributed by atoms with van der Waals surface area (Å²) in [6.45, 7) is 8.00. The first-order valence-electron chi connectivity index (χ1n) is 12.4. The van der Waals surface area contributed by atoms with Crippen molar-refractivity contribution in [1.29, 1.82) is 0 Å². The van der Waals surface area contributed by atoms with Crippen LogP contribution in [0.25, 0.3) is 11.0 Å². The second-order valence-electron chi connectivity index (χ2n) is 9.65. The molecular weight excluding hydrogens is 452 g/mol. The summed E-state index contributed by atoms with van der Waals surface area (Å²) in [5, 5.41) is 11.6. The number of hydrogen-bond acceptors (Lipinski definition) is 4. The van der Waals surface area contributed by atoms with Gasteiger partial charge >= 0.3 is 0 Å². The molecule has 0 aliphatic rings. The number of fused-ring (bicyclic) bond motifs is 1. The maximum Gasteiger partial charge on any atom is 0.249 e. The third-order valence-corrected chi connectivity index (χ3v) is 6.72. The van der Waals surface area contributed by atoms with Crippen LogP contribution in [0.5, 0.6) is 0 Å². The Morgan fingerprint density at radius 3 is 2.44 bits per heavy atom. The topological polar surface area (TPSA) is 85.1 Å². The summed E-state index contributed by atoms with van der Waals surface area (Å²) < 4.78 is 3.48. The lowest BCUT2D eigenvalue weighted by Gasteiger charge is -2.35. The van der Waals surface area contributed by atoms with Crippen LogP contribution >= 0.6 is 0 Å². The van der Waals surface area contributed by atoms with Crippen molar-refractivity contribution >= 4 is 28.5 Å². The molecule has 8 nitrogen and oxygen atoms in total. The molecule has 0 unspecified atom stereocenters. The van der Waals surface area contributed by atoms with E-state index in [2.05, 4.69) is 15.6 Å². The number of anilines is 1.